The molecule has 0 fully saturated rings. The molecule has 1 heterocycles. The van der Waals surface area contributed by atoms with E-state index < -0.39 is 12.4 Å². The number of hydrogen-bond acceptors (Lipinski definition) is 7. The monoisotopic (exact) mass is 388 g/mol. The summed E-state index contributed by atoms with van der Waals surface area (Å²) in [5.41, 5.74) is 2.34. The zero-order valence-corrected chi connectivity index (χ0v) is 16.0. The number of phenols is 1. The molecule has 0 saturated heterocycles. The van der Waals surface area contributed by atoms with Crippen molar-refractivity contribution < 1.29 is 34.3 Å². The summed E-state index contributed by atoms with van der Waals surface area (Å²) >= 11 is 0. The minimum atomic E-state index is -1.01. The van der Waals surface area contributed by atoms with E-state index in [9.17, 15) is 15.3 Å². The van der Waals surface area contributed by atoms with Crippen molar-refractivity contribution in [2.24, 2.45) is 0 Å². The van der Waals surface area contributed by atoms with Gasteiger partial charge >= 0.3 is 0 Å². The van der Waals surface area contributed by atoms with Gasteiger partial charge in [-0.1, -0.05) is 12.1 Å². The lowest BCUT2D eigenvalue weighted by molar-refractivity contribution is -0.0350. The van der Waals surface area contributed by atoms with Gasteiger partial charge in [-0.3, -0.25) is 0 Å². The van der Waals surface area contributed by atoms with Crippen LogP contribution in [0.3, 0.4) is 0 Å². The van der Waals surface area contributed by atoms with Crippen molar-refractivity contribution in [3.05, 3.63) is 53.1 Å². The van der Waals surface area contributed by atoms with Gasteiger partial charge in [-0.15, -0.1) is 0 Å². The lowest BCUT2D eigenvalue weighted by Crippen LogP contribution is -2.13. The minimum Gasteiger partial charge on any atom is -0.504 e. The Kier molecular flexibility index (Phi) is 6.08. The summed E-state index contributed by atoms with van der Waals surface area (Å²) < 4.78 is 21.6. The molecule has 28 heavy (non-hydrogen) atoms. The molecule has 2 aromatic carbocycles. The molecule has 1 aliphatic rings. The number of ether oxygens (including phenoxy) is 4. The van der Waals surface area contributed by atoms with Gasteiger partial charge < -0.3 is 34.3 Å². The van der Waals surface area contributed by atoms with Crippen molar-refractivity contribution in [2.75, 3.05) is 27.9 Å². The molecule has 2 aromatic rings. The van der Waals surface area contributed by atoms with Crippen LogP contribution in [-0.2, 0) is 4.74 Å². The maximum Gasteiger partial charge on any atom is 0.174 e. The Bertz CT molecular complexity index is 862. The van der Waals surface area contributed by atoms with E-state index >= 15 is 0 Å². The average Bonchev–Trinajstić information content (AvgIpc) is 3.10. The highest BCUT2D eigenvalue weighted by molar-refractivity contribution is 5.62. The largest absolute Gasteiger partial charge is 0.504 e. The summed E-state index contributed by atoms with van der Waals surface area (Å²) in [6, 6.07) is 8.63. The lowest BCUT2D eigenvalue weighted by atomic mass is 9.90. The summed E-state index contributed by atoms with van der Waals surface area (Å²) in [7, 11) is 4.43. The first-order valence-electron chi connectivity index (χ1n) is 8.77. The van der Waals surface area contributed by atoms with Crippen LogP contribution in [0.5, 0.6) is 23.0 Å². The number of methoxy groups -OCH3 is 3. The molecule has 1 aliphatic heterocycles. The molecule has 0 unspecified atom stereocenters. The second-order valence-corrected chi connectivity index (χ2v) is 6.39. The van der Waals surface area contributed by atoms with Crippen LogP contribution in [0.4, 0.5) is 0 Å². The Hall–Kier alpha value is -2.74. The Morgan fingerprint density at radius 3 is 2.50 bits per heavy atom. The Morgan fingerprint density at radius 1 is 1.11 bits per heavy atom. The highest BCUT2D eigenvalue weighted by atomic mass is 16.6. The molecule has 3 N–H and O–H groups in total. The molecule has 150 valence electrons. The van der Waals surface area contributed by atoms with Gasteiger partial charge in [0.25, 0.3) is 0 Å². The molecule has 0 aliphatic carbocycles. The van der Waals surface area contributed by atoms with Gasteiger partial charge in [-0.05, 0) is 41.5 Å². The Balaban J connectivity index is 2.01. The predicted octanol–water partition coefficient (Wildman–Crippen LogP) is 2.60. The average molecular weight is 388 g/mol. The number of aromatic hydroxyl groups is 1. The standard InChI is InChI=1S/C21H24O7/c1-25-17-10-13(5-6-16(17)23)20-15(11-22)14-8-12(4-7-19(24)27-3)9-18(26-2)21(14)28-20/h4-10,15,19-20,22-24H,11H2,1-3H3/t15-,19-,20+/m0/s1. The smallest absolute Gasteiger partial charge is 0.174 e. The minimum absolute atomic E-state index is 0.0315. The third-order valence-corrected chi connectivity index (χ3v) is 4.76. The molecule has 0 bridgehead atoms. The molecule has 0 saturated carbocycles. The first-order valence-corrected chi connectivity index (χ1v) is 8.77. The summed E-state index contributed by atoms with van der Waals surface area (Å²) in [4.78, 5) is 0. The van der Waals surface area contributed by atoms with Gasteiger partial charge in [0, 0.05) is 12.7 Å². The summed E-state index contributed by atoms with van der Waals surface area (Å²) in [5.74, 6) is 1.11. The van der Waals surface area contributed by atoms with Crippen molar-refractivity contribution in [2.45, 2.75) is 18.3 Å². The van der Waals surface area contributed by atoms with Gasteiger partial charge in [0.05, 0.1) is 26.7 Å². The molecular formula is C21H24O7. The summed E-state index contributed by atoms with van der Waals surface area (Å²) in [6.07, 6.45) is 1.74. The fourth-order valence-corrected chi connectivity index (χ4v) is 3.31. The van der Waals surface area contributed by atoms with E-state index in [0.29, 0.717) is 17.2 Å². The second kappa shape index (κ2) is 8.52. The highest BCUT2D eigenvalue weighted by Crippen LogP contribution is 2.51. The summed E-state index contributed by atoms with van der Waals surface area (Å²) in [6.45, 7) is -0.141. The van der Waals surface area contributed by atoms with Crippen LogP contribution in [0.2, 0.25) is 0 Å². The van der Waals surface area contributed by atoms with E-state index in [1.807, 2.05) is 6.07 Å². The molecule has 0 spiro atoms. The van der Waals surface area contributed by atoms with E-state index in [1.165, 1.54) is 26.4 Å². The number of hydrogen-bond donors (Lipinski definition) is 3. The Labute approximate surface area is 163 Å². The molecule has 0 amide bonds. The predicted molar refractivity (Wildman–Crippen MR) is 103 cm³/mol. The number of aliphatic hydroxyl groups is 2. The van der Waals surface area contributed by atoms with Gasteiger partial charge in [0.1, 0.15) is 6.10 Å². The fourth-order valence-electron chi connectivity index (χ4n) is 3.31. The molecule has 0 radical (unpaired) electrons. The number of benzene rings is 2. The molecule has 3 rings (SSSR count). The molecule has 0 aromatic heterocycles. The van der Waals surface area contributed by atoms with Crippen molar-refractivity contribution in [1.29, 1.82) is 0 Å². The number of fused-ring (bicyclic) bond motifs is 1. The van der Waals surface area contributed by atoms with E-state index in [0.717, 1.165) is 16.7 Å². The maximum absolute atomic E-state index is 10.1. The highest BCUT2D eigenvalue weighted by Gasteiger charge is 2.37. The zero-order valence-electron chi connectivity index (χ0n) is 16.0. The number of aliphatic hydroxyl groups excluding tert-OH is 2. The van der Waals surface area contributed by atoms with Crippen molar-refractivity contribution in [3.63, 3.8) is 0 Å². The topological polar surface area (TPSA) is 97.6 Å². The van der Waals surface area contributed by atoms with Gasteiger partial charge in [-0.2, -0.15) is 0 Å². The van der Waals surface area contributed by atoms with E-state index in [4.69, 9.17) is 18.9 Å². The summed E-state index contributed by atoms with van der Waals surface area (Å²) in [5, 5.41) is 29.5. The van der Waals surface area contributed by atoms with E-state index in [-0.39, 0.29) is 18.3 Å². The maximum atomic E-state index is 10.1. The van der Waals surface area contributed by atoms with Crippen LogP contribution in [-0.4, -0.2) is 49.5 Å². The van der Waals surface area contributed by atoms with Crippen LogP contribution in [0.1, 0.15) is 28.7 Å². The third kappa shape index (κ3) is 3.77. The molecule has 7 heteroatoms. The second-order valence-electron chi connectivity index (χ2n) is 6.39. The quantitative estimate of drug-likeness (QED) is 0.627. The fraction of sp³-hybridized carbons (Fsp3) is 0.333. The number of phenolic OH excluding ortho intramolecular Hbond substituents is 1. The van der Waals surface area contributed by atoms with E-state index in [2.05, 4.69) is 0 Å². The molecule has 3 atom stereocenters. The third-order valence-electron chi connectivity index (χ3n) is 4.76. The van der Waals surface area contributed by atoms with Crippen LogP contribution in [0.15, 0.2) is 36.4 Å². The van der Waals surface area contributed by atoms with Crippen LogP contribution < -0.4 is 14.2 Å². The van der Waals surface area contributed by atoms with Crippen molar-refractivity contribution in [3.8, 4) is 23.0 Å². The van der Waals surface area contributed by atoms with Crippen LogP contribution in [0, 0.1) is 0 Å². The zero-order chi connectivity index (χ0) is 20.3. The molecule has 7 nitrogen and oxygen atoms in total. The first kappa shape index (κ1) is 20.0. The number of rotatable bonds is 7. The Morgan fingerprint density at radius 2 is 1.86 bits per heavy atom. The van der Waals surface area contributed by atoms with Crippen molar-refractivity contribution in [1.82, 2.24) is 0 Å². The molecular weight excluding hydrogens is 364 g/mol. The first-order chi connectivity index (χ1) is 13.5. The van der Waals surface area contributed by atoms with Crippen LogP contribution in [0.25, 0.3) is 6.08 Å². The van der Waals surface area contributed by atoms with Gasteiger partial charge in [0.15, 0.2) is 29.3 Å². The normalized spacial score (nSPS) is 19.3. The SMILES string of the molecule is COc1cc([C@H]2Oc3c(OC)cc(C=C[C@@H](O)OC)cc3[C@@H]2CO)ccc1O. The van der Waals surface area contributed by atoms with Crippen LogP contribution >= 0.6 is 0 Å². The van der Waals surface area contributed by atoms with Gasteiger partial charge in [-0.25, -0.2) is 0 Å². The lowest BCUT2D eigenvalue weighted by Gasteiger charge is -2.18. The van der Waals surface area contributed by atoms with Crippen molar-refractivity contribution >= 4 is 6.08 Å². The van der Waals surface area contributed by atoms with Gasteiger partial charge in [0.2, 0.25) is 0 Å². The van der Waals surface area contributed by atoms with E-state index in [1.54, 1.807) is 31.4 Å².